The summed E-state index contributed by atoms with van der Waals surface area (Å²) in [5.74, 6) is -1.77. The second-order valence-corrected chi connectivity index (χ2v) is 9.65. The molecule has 12 heteroatoms. The second-order valence-electron chi connectivity index (χ2n) is 7.75. The smallest absolute Gasteiger partial charge is 0.475 e. The monoisotopic (exact) mass is 499 g/mol. The van der Waals surface area contributed by atoms with E-state index in [1.165, 1.54) is 4.31 Å². The molecular formula is C22H24F3N3O5S. The second kappa shape index (κ2) is 10.0. The first-order valence-electron chi connectivity index (χ1n) is 10.3. The van der Waals surface area contributed by atoms with Crippen molar-refractivity contribution in [3.8, 4) is 11.5 Å². The topological polar surface area (TPSA) is 112 Å². The number of alkyl halides is 3. The Kier molecular flexibility index (Phi) is 7.54. The zero-order chi connectivity index (χ0) is 25.1. The molecule has 0 atom stereocenters. The van der Waals surface area contributed by atoms with Crippen molar-refractivity contribution in [1.82, 2.24) is 14.6 Å². The fraction of sp³-hybridized carbons (Fsp3) is 0.318. The Bertz CT molecular complexity index is 1260. The molecule has 3 aromatic rings. The number of aromatic amines is 1. The SMILES string of the molecule is Cc1cc(C)cc(Oc2cc3cc[nH]c3cc2S(=O)(=O)N2CCNCC2)c1.O=C(O)C(F)(F)F. The molecular weight excluding hydrogens is 475 g/mol. The first-order valence-corrected chi connectivity index (χ1v) is 11.7. The van der Waals surface area contributed by atoms with Gasteiger partial charge in [0.1, 0.15) is 16.4 Å². The molecule has 0 bridgehead atoms. The Balaban J connectivity index is 0.000000406. The van der Waals surface area contributed by atoms with Crippen LogP contribution >= 0.6 is 0 Å². The van der Waals surface area contributed by atoms with Gasteiger partial charge in [0.2, 0.25) is 10.0 Å². The van der Waals surface area contributed by atoms with Gasteiger partial charge in [-0.2, -0.15) is 17.5 Å². The molecule has 1 fully saturated rings. The third-order valence-corrected chi connectivity index (χ3v) is 6.90. The quantitative estimate of drug-likeness (QED) is 0.504. The fourth-order valence-electron chi connectivity index (χ4n) is 3.48. The van der Waals surface area contributed by atoms with E-state index in [0.29, 0.717) is 37.7 Å². The van der Waals surface area contributed by atoms with E-state index in [9.17, 15) is 21.6 Å². The average molecular weight is 500 g/mol. The minimum Gasteiger partial charge on any atom is -0.475 e. The highest BCUT2D eigenvalue weighted by Gasteiger charge is 2.38. The van der Waals surface area contributed by atoms with Crippen LogP contribution < -0.4 is 10.1 Å². The van der Waals surface area contributed by atoms with Crippen LogP contribution in [0, 0.1) is 13.8 Å². The van der Waals surface area contributed by atoms with Crippen molar-refractivity contribution in [2.24, 2.45) is 0 Å². The summed E-state index contributed by atoms with van der Waals surface area (Å²) in [6.07, 6.45) is -3.29. The van der Waals surface area contributed by atoms with Gasteiger partial charge in [-0.1, -0.05) is 6.07 Å². The molecule has 1 saturated heterocycles. The predicted octanol–water partition coefficient (Wildman–Crippen LogP) is 3.80. The number of H-pyrrole nitrogens is 1. The van der Waals surface area contributed by atoms with Crippen LogP contribution in [0.1, 0.15) is 11.1 Å². The Morgan fingerprint density at radius 1 is 1.06 bits per heavy atom. The van der Waals surface area contributed by atoms with Crippen LogP contribution in [0.25, 0.3) is 10.9 Å². The number of benzene rings is 2. The summed E-state index contributed by atoms with van der Waals surface area (Å²) >= 11 is 0. The lowest BCUT2D eigenvalue weighted by atomic mass is 10.1. The first-order chi connectivity index (χ1) is 15.9. The highest BCUT2D eigenvalue weighted by Crippen LogP contribution is 2.35. The van der Waals surface area contributed by atoms with Crippen molar-refractivity contribution in [2.75, 3.05) is 26.2 Å². The van der Waals surface area contributed by atoms with E-state index in [-0.39, 0.29) is 4.90 Å². The molecule has 0 spiro atoms. The molecule has 0 radical (unpaired) electrons. The number of aryl methyl sites for hydroxylation is 2. The van der Waals surface area contributed by atoms with E-state index in [0.717, 1.165) is 22.0 Å². The number of piperazine rings is 1. The number of aromatic nitrogens is 1. The molecule has 8 nitrogen and oxygen atoms in total. The van der Waals surface area contributed by atoms with Crippen LogP contribution in [-0.4, -0.2) is 61.1 Å². The highest BCUT2D eigenvalue weighted by molar-refractivity contribution is 7.89. The predicted molar refractivity (Wildman–Crippen MR) is 120 cm³/mol. The van der Waals surface area contributed by atoms with Crippen LogP contribution in [0.2, 0.25) is 0 Å². The van der Waals surface area contributed by atoms with Crippen LogP contribution in [-0.2, 0) is 14.8 Å². The summed E-state index contributed by atoms with van der Waals surface area (Å²) in [5.41, 5.74) is 2.91. The van der Waals surface area contributed by atoms with E-state index in [1.807, 2.05) is 32.0 Å². The molecule has 0 aliphatic carbocycles. The normalized spacial score (nSPS) is 15.0. The summed E-state index contributed by atoms with van der Waals surface area (Å²) in [4.78, 5) is 12.2. The molecule has 3 N–H and O–H groups in total. The number of fused-ring (bicyclic) bond motifs is 1. The summed E-state index contributed by atoms with van der Waals surface area (Å²) < 4.78 is 65.9. The third kappa shape index (κ3) is 6.07. The molecule has 1 aliphatic rings. The van der Waals surface area contributed by atoms with Gasteiger partial charge >= 0.3 is 12.1 Å². The summed E-state index contributed by atoms with van der Waals surface area (Å²) in [6.45, 7) is 6.19. The highest BCUT2D eigenvalue weighted by atomic mass is 32.2. The van der Waals surface area contributed by atoms with Gasteiger partial charge < -0.3 is 20.1 Å². The zero-order valence-electron chi connectivity index (χ0n) is 18.4. The number of carbonyl (C=O) groups is 1. The molecule has 0 saturated carbocycles. The van der Waals surface area contributed by atoms with Crippen molar-refractivity contribution in [3.63, 3.8) is 0 Å². The van der Waals surface area contributed by atoms with E-state index in [4.69, 9.17) is 14.6 Å². The molecule has 1 aliphatic heterocycles. The largest absolute Gasteiger partial charge is 0.490 e. The van der Waals surface area contributed by atoms with Gasteiger partial charge in [-0.3, -0.25) is 0 Å². The number of ether oxygens (including phenoxy) is 1. The number of hydrogen-bond donors (Lipinski definition) is 3. The minimum atomic E-state index is -5.08. The molecule has 1 aromatic heterocycles. The van der Waals surface area contributed by atoms with Gasteiger partial charge in [-0.25, -0.2) is 13.2 Å². The fourth-order valence-corrected chi connectivity index (χ4v) is 5.05. The Morgan fingerprint density at radius 3 is 2.21 bits per heavy atom. The lowest BCUT2D eigenvalue weighted by Gasteiger charge is -2.27. The molecule has 2 aromatic carbocycles. The van der Waals surface area contributed by atoms with Crippen LogP contribution in [0.15, 0.2) is 47.5 Å². The summed E-state index contributed by atoms with van der Waals surface area (Å²) in [6, 6.07) is 11.2. The molecule has 34 heavy (non-hydrogen) atoms. The molecule has 4 rings (SSSR count). The standard InChI is InChI=1S/C20H23N3O3S.C2HF3O2/c1-14-9-15(2)11-17(10-14)26-19-12-16-3-4-22-18(16)13-20(19)27(24,25)23-7-5-21-6-8-23;3-2(4,5)1(6)7/h3-4,9-13,21-22H,5-8H2,1-2H3;(H,6,7). The average Bonchev–Trinajstić information content (AvgIpc) is 3.20. The number of sulfonamides is 1. The molecule has 0 amide bonds. The lowest BCUT2D eigenvalue weighted by molar-refractivity contribution is -0.192. The van der Waals surface area contributed by atoms with Gasteiger partial charge in [0, 0.05) is 43.3 Å². The Labute approximate surface area is 194 Å². The number of carboxylic acid groups (broad SMARTS) is 1. The zero-order valence-corrected chi connectivity index (χ0v) is 19.3. The van der Waals surface area contributed by atoms with Crippen LogP contribution in [0.3, 0.4) is 0 Å². The Hall–Kier alpha value is -3.09. The third-order valence-electron chi connectivity index (χ3n) is 4.98. The number of nitrogens with one attached hydrogen (secondary N) is 2. The van der Waals surface area contributed by atoms with Crippen molar-refractivity contribution in [3.05, 3.63) is 53.7 Å². The summed E-state index contributed by atoms with van der Waals surface area (Å²) in [7, 11) is -3.65. The molecule has 0 unspecified atom stereocenters. The maximum Gasteiger partial charge on any atom is 0.490 e. The van der Waals surface area contributed by atoms with Crippen molar-refractivity contribution >= 4 is 26.9 Å². The summed E-state index contributed by atoms with van der Waals surface area (Å²) in [5, 5.41) is 11.2. The molecule has 184 valence electrons. The van der Waals surface area contributed by atoms with E-state index >= 15 is 0 Å². The van der Waals surface area contributed by atoms with Crippen LogP contribution in [0.4, 0.5) is 13.2 Å². The van der Waals surface area contributed by atoms with E-state index in [2.05, 4.69) is 16.4 Å². The lowest BCUT2D eigenvalue weighted by Crippen LogP contribution is -2.46. The maximum atomic E-state index is 13.3. The van der Waals surface area contributed by atoms with Gasteiger partial charge in [0.05, 0.1) is 0 Å². The number of halogens is 3. The van der Waals surface area contributed by atoms with Gasteiger partial charge in [0.25, 0.3) is 0 Å². The maximum absolute atomic E-state index is 13.3. The van der Waals surface area contributed by atoms with Gasteiger partial charge in [-0.05, 0) is 55.3 Å². The van der Waals surface area contributed by atoms with Gasteiger partial charge in [0.15, 0.2) is 0 Å². The number of nitrogens with zero attached hydrogens (tertiary/aromatic N) is 1. The van der Waals surface area contributed by atoms with E-state index < -0.39 is 22.2 Å². The van der Waals surface area contributed by atoms with Crippen molar-refractivity contribution in [2.45, 2.75) is 24.9 Å². The number of rotatable bonds is 4. The number of hydrogen-bond acceptors (Lipinski definition) is 5. The van der Waals surface area contributed by atoms with Gasteiger partial charge in [-0.15, -0.1) is 0 Å². The minimum absolute atomic E-state index is 0.193. The molecule has 2 heterocycles. The van der Waals surface area contributed by atoms with Crippen molar-refractivity contribution in [1.29, 1.82) is 0 Å². The Morgan fingerprint density at radius 2 is 1.65 bits per heavy atom. The van der Waals surface area contributed by atoms with Crippen LogP contribution in [0.5, 0.6) is 11.5 Å². The number of carboxylic acids is 1. The van der Waals surface area contributed by atoms with Crippen molar-refractivity contribution < 1.29 is 36.2 Å². The number of aliphatic carboxylic acids is 1. The first kappa shape index (κ1) is 25.5. The van der Waals surface area contributed by atoms with E-state index in [1.54, 1.807) is 18.3 Å².